The lowest BCUT2D eigenvalue weighted by molar-refractivity contribution is -0.136. The summed E-state index contributed by atoms with van der Waals surface area (Å²) >= 11 is 1.14. The summed E-state index contributed by atoms with van der Waals surface area (Å²) < 4.78 is 0. The number of hydrogen-bond acceptors (Lipinski definition) is 3. The van der Waals surface area contributed by atoms with E-state index in [0.29, 0.717) is 6.54 Å². The number of carboxylic acid groups (broad SMARTS) is 1. The normalized spacial score (nSPS) is 14.7. The lowest BCUT2D eigenvalue weighted by Crippen LogP contribution is -2.32. The van der Waals surface area contributed by atoms with Crippen LogP contribution < -0.4 is 5.32 Å². The molecule has 4 nitrogen and oxygen atoms in total. The third-order valence-electron chi connectivity index (χ3n) is 1.48. The molecule has 0 fully saturated rings. The van der Waals surface area contributed by atoms with Crippen molar-refractivity contribution in [1.82, 2.24) is 5.32 Å². The number of carbonyl (C=O) groups excluding carboxylic acids is 1. The lowest BCUT2D eigenvalue weighted by Gasteiger charge is -2.13. The number of amides is 1. The highest BCUT2D eigenvalue weighted by atomic mass is 32.2. The first-order valence-electron chi connectivity index (χ1n) is 4.15. The highest BCUT2D eigenvalue weighted by molar-refractivity contribution is 8.01. The van der Waals surface area contributed by atoms with E-state index in [-0.39, 0.29) is 11.2 Å². The van der Waals surface area contributed by atoms with Crippen LogP contribution in [0.5, 0.6) is 0 Å². The van der Waals surface area contributed by atoms with E-state index >= 15 is 0 Å². The molecule has 2 unspecified atom stereocenters. The van der Waals surface area contributed by atoms with Gasteiger partial charge in [-0.05, 0) is 20.8 Å². The Labute approximate surface area is 82.1 Å². The molecular formula is C8H15NO3S. The van der Waals surface area contributed by atoms with Crippen LogP contribution in [0, 0.1) is 0 Å². The summed E-state index contributed by atoms with van der Waals surface area (Å²) in [5, 5.41) is 10.4. The van der Waals surface area contributed by atoms with Crippen molar-refractivity contribution < 1.29 is 14.7 Å². The van der Waals surface area contributed by atoms with Gasteiger partial charge in [-0.1, -0.05) is 0 Å². The molecule has 76 valence electrons. The number of aliphatic carboxylic acids is 1. The highest BCUT2D eigenvalue weighted by Crippen LogP contribution is 2.17. The maximum atomic E-state index is 11.2. The van der Waals surface area contributed by atoms with Crippen LogP contribution in [-0.2, 0) is 9.59 Å². The summed E-state index contributed by atoms with van der Waals surface area (Å²) in [6, 6.07) is 0. The average molecular weight is 205 g/mol. The predicted octanol–water partition coefficient (Wildman–Crippen LogP) is 0.717. The van der Waals surface area contributed by atoms with Gasteiger partial charge in [-0.2, -0.15) is 0 Å². The zero-order chi connectivity index (χ0) is 10.4. The monoisotopic (exact) mass is 205 g/mol. The van der Waals surface area contributed by atoms with Crippen LogP contribution in [0.2, 0.25) is 0 Å². The lowest BCUT2D eigenvalue weighted by atomic mass is 10.4. The van der Waals surface area contributed by atoms with Gasteiger partial charge in [0, 0.05) is 6.54 Å². The third-order valence-corrected chi connectivity index (χ3v) is 2.71. The van der Waals surface area contributed by atoms with Crippen LogP contribution in [0.1, 0.15) is 20.8 Å². The Morgan fingerprint density at radius 3 is 2.31 bits per heavy atom. The summed E-state index contributed by atoms with van der Waals surface area (Å²) in [6.07, 6.45) is 0. The Kier molecular flexibility index (Phi) is 5.53. The number of nitrogens with one attached hydrogen (secondary N) is 1. The van der Waals surface area contributed by atoms with Gasteiger partial charge in [0.25, 0.3) is 0 Å². The van der Waals surface area contributed by atoms with Gasteiger partial charge in [0.05, 0.1) is 5.25 Å². The molecule has 13 heavy (non-hydrogen) atoms. The van der Waals surface area contributed by atoms with E-state index in [1.54, 1.807) is 13.8 Å². The number of carbonyl (C=O) groups is 2. The van der Waals surface area contributed by atoms with Crippen LogP contribution >= 0.6 is 11.8 Å². The topological polar surface area (TPSA) is 66.4 Å². The molecule has 0 spiro atoms. The van der Waals surface area contributed by atoms with Gasteiger partial charge in [-0.25, -0.2) is 0 Å². The fourth-order valence-corrected chi connectivity index (χ4v) is 1.68. The summed E-state index contributed by atoms with van der Waals surface area (Å²) in [7, 11) is 0. The van der Waals surface area contributed by atoms with Crippen molar-refractivity contribution in [2.24, 2.45) is 0 Å². The van der Waals surface area contributed by atoms with Crippen LogP contribution in [0.15, 0.2) is 0 Å². The number of carboxylic acids is 1. The molecule has 2 atom stereocenters. The highest BCUT2D eigenvalue weighted by Gasteiger charge is 2.20. The molecule has 0 radical (unpaired) electrons. The maximum absolute atomic E-state index is 11.2. The van der Waals surface area contributed by atoms with E-state index < -0.39 is 11.2 Å². The van der Waals surface area contributed by atoms with Crippen molar-refractivity contribution in [3.05, 3.63) is 0 Å². The molecule has 0 saturated heterocycles. The van der Waals surface area contributed by atoms with Crippen molar-refractivity contribution in [3.63, 3.8) is 0 Å². The van der Waals surface area contributed by atoms with Crippen LogP contribution in [0.4, 0.5) is 0 Å². The summed E-state index contributed by atoms with van der Waals surface area (Å²) in [5.41, 5.74) is 0. The molecule has 0 bridgehead atoms. The molecule has 0 aromatic carbocycles. The first-order chi connectivity index (χ1) is 5.99. The summed E-state index contributed by atoms with van der Waals surface area (Å²) in [4.78, 5) is 21.6. The molecule has 0 aliphatic heterocycles. The zero-order valence-corrected chi connectivity index (χ0v) is 8.85. The fourth-order valence-electron chi connectivity index (χ4n) is 0.744. The molecular weight excluding hydrogens is 190 g/mol. The van der Waals surface area contributed by atoms with Crippen molar-refractivity contribution in [2.45, 2.75) is 31.3 Å². The zero-order valence-electron chi connectivity index (χ0n) is 8.03. The average Bonchev–Trinajstić information content (AvgIpc) is 2.04. The van der Waals surface area contributed by atoms with Crippen LogP contribution in [-0.4, -0.2) is 34.0 Å². The van der Waals surface area contributed by atoms with E-state index in [0.717, 1.165) is 11.8 Å². The van der Waals surface area contributed by atoms with Gasteiger partial charge < -0.3 is 10.4 Å². The van der Waals surface area contributed by atoms with Gasteiger partial charge in [0.15, 0.2) is 0 Å². The summed E-state index contributed by atoms with van der Waals surface area (Å²) in [5.74, 6) is -0.998. The second kappa shape index (κ2) is 5.85. The molecule has 0 aromatic rings. The molecule has 0 aromatic heterocycles. The minimum atomic E-state index is -0.888. The SMILES string of the molecule is CCNC(=O)C(C)SC(C)C(=O)O. The number of rotatable bonds is 5. The molecule has 0 saturated carbocycles. The summed E-state index contributed by atoms with van der Waals surface area (Å²) in [6.45, 7) is 5.68. The molecule has 5 heteroatoms. The molecule has 2 N–H and O–H groups in total. The minimum absolute atomic E-state index is 0.111. The van der Waals surface area contributed by atoms with E-state index in [1.165, 1.54) is 0 Å². The van der Waals surface area contributed by atoms with Crippen molar-refractivity contribution >= 4 is 23.6 Å². The Bertz CT molecular complexity index is 196. The van der Waals surface area contributed by atoms with Crippen LogP contribution in [0.3, 0.4) is 0 Å². The molecule has 0 aliphatic carbocycles. The van der Waals surface area contributed by atoms with Gasteiger partial charge in [-0.3, -0.25) is 9.59 Å². The van der Waals surface area contributed by atoms with Gasteiger partial charge in [0.1, 0.15) is 5.25 Å². The predicted molar refractivity (Wildman–Crippen MR) is 52.8 cm³/mol. The van der Waals surface area contributed by atoms with Gasteiger partial charge in [0.2, 0.25) is 5.91 Å². The van der Waals surface area contributed by atoms with E-state index in [9.17, 15) is 9.59 Å². The Morgan fingerprint density at radius 1 is 1.38 bits per heavy atom. The van der Waals surface area contributed by atoms with Gasteiger partial charge >= 0.3 is 5.97 Å². The molecule has 0 heterocycles. The minimum Gasteiger partial charge on any atom is -0.480 e. The Balaban J connectivity index is 3.92. The second-order valence-corrected chi connectivity index (χ2v) is 4.34. The van der Waals surface area contributed by atoms with E-state index in [1.807, 2.05) is 6.92 Å². The van der Waals surface area contributed by atoms with Crippen molar-refractivity contribution in [3.8, 4) is 0 Å². The fraction of sp³-hybridized carbons (Fsp3) is 0.750. The largest absolute Gasteiger partial charge is 0.480 e. The van der Waals surface area contributed by atoms with E-state index in [4.69, 9.17) is 5.11 Å². The standard InChI is InChI=1S/C8H15NO3S/c1-4-9-7(10)5(2)13-6(3)8(11)12/h5-6H,4H2,1-3H3,(H,9,10)(H,11,12). The smallest absolute Gasteiger partial charge is 0.316 e. The Morgan fingerprint density at radius 2 is 1.92 bits per heavy atom. The number of thioether (sulfide) groups is 1. The first kappa shape index (κ1) is 12.3. The number of hydrogen-bond donors (Lipinski definition) is 2. The van der Waals surface area contributed by atoms with E-state index in [2.05, 4.69) is 5.32 Å². The van der Waals surface area contributed by atoms with Crippen LogP contribution in [0.25, 0.3) is 0 Å². The molecule has 0 rings (SSSR count). The molecule has 1 amide bonds. The van der Waals surface area contributed by atoms with Gasteiger partial charge in [-0.15, -0.1) is 11.8 Å². The van der Waals surface area contributed by atoms with Crippen molar-refractivity contribution in [1.29, 1.82) is 0 Å². The molecule has 0 aliphatic rings. The maximum Gasteiger partial charge on any atom is 0.316 e. The quantitative estimate of drug-likeness (QED) is 0.694. The third kappa shape index (κ3) is 4.77. The second-order valence-electron chi connectivity index (χ2n) is 2.65. The first-order valence-corrected chi connectivity index (χ1v) is 5.09. The Hall–Kier alpha value is -0.710. The van der Waals surface area contributed by atoms with Crippen molar-refractivity contribution in [2.75, 3.05) is 6.54 Å².